The molecule has 2 rings (SSSR count). The molecule has 0 aliphatic heterocycles. The van der Waals surface area contributed by atoms with E-state index >= 15 is 0 Å². The molecule has 0 saturated heterocycles. The number of nitrogens with one attached hydrogen (secondary N) is 2. The van der Waals surface area contributed by atoms with Crippen LogP contribution in [0, 0.1) is 5.82 Å². The normalized spacial score (nSPS) is 12.8. The number of carbonyl (C=O) groups excluding carboxylic acids is 1. The third kappa shape index (κ3) is 4.77. The van der Waals surface area contributed by atoms with Crippen LogP contribution in [0.2, 0.25) is 0 Å². The Bertz CT molecular complexity index is 881. The first kappa shape index (κ1) is 21.2. The second kappa shape index (κ2) is 8.71. The zero-order valence-electron chi connectivity index (χ0n) is 16.6. The number of nitrogens with zero attached hydrogens (tertiary/aromatic N) is 2. The van der Waals surface area contributed by atoms with Crippen LogP contribution in [0.4, 0.5) is 27.4 Å². The maximum Gasteiger partial charge on any atom is 0.252 e. The molecule has 0 bridgehead atoms. The number of aromatic nitrogens is 1. The first-order chi connectivity index (χ1) is 13.1. The Morgan fingerprint density at radius 2 is 1.96 bits per heavy atom. The number of nitrogens with two attached hydrogens (primary N) is 2. The zero-order valence-corrected chi connectivity index (χ0v) is 16.6. The van der Waals surface area contributed by atoms with Crippen molar-refractivity contribution in [2.45, 2.75) is 25.9 Å². The Labute approximate surface area is 164 Å². The lowest BCUT2D eigenvalue weighted by Crippen LogP contribution is -2.35. The topological polar surface area (TPSA) is 109 Å². The number of pyridine rings is 1. The Balaban J connectivity index is 2.45. The Morgan fingerprint density at radius 3 is 2.50 bits per heavy atom. The van der Waals surface area contributed by atoms with Crippen LogP contribution in [0.15, 0.2) is 30.8 Å². The summed E-state index contributed by atoms with van der Waals surface area (Å²) in [5.41, 5.74) is 13.7. The summed E-state index contributed by atoms with van der Waals surface area (Å²) in [5.74, 6) is -1.32. The van der Waals surface area contributed by atoms with Crippen molar-refractivity contribution in [3.63, 3.8) is 0 Å². The summed E-state index contributed by atoms with van der Waals surface area (Å²) < 4.78 is 14.4. The summed E-state index contributed by atoms with van der Waals surface area (Å²) in [4.78, 5) is 18.0. The maximum atomic E-state index is 14.4. The first-order valence-electron chi connectivity index (χ1n) is 8.87. The predicted molar refractivity (Wildman–Crippen MR) is 114 cm³/mol. The summed E-state index contributed by atoms with van der Waals surface area (Å²) in [5, 5.41) is 5.97. The minimum atomic E-state index is -0.783. The summed E-state index contributed by atoms with van der Waals surface area (Å²) in [6, 6.07) is 6.22. The highest BCUT2D eigenvalue weighted by atomic mass is 19.1. The van der Waals surface area contributed by atoms with Gasteiger partial charge >= 0.3 is 0 Å². The number of benzene rings is 1. The number of halogens is 1. The van der Waals surface area contributed by atoms with Gasteiger partial charge in [0.15, 0.2) is 11.6 Å². The highest BCUT2D eigenvalue weighted by Gasteiger charge is 2.18. The van der Waals surface area contributed by atoms with E-state index in [-0.39, 0.29) is 29.3 Å². The van der Waals surface area contributed by atoms with Gasteiger partial charge in [0.2, 0.25) is 0 Å². The van der Waals surface area contributed by atoms with Crippen LogP contribution in [0.3, 0.4) is 0 Å². The van der Waals surface area contributed by atoms with E-state index in [1.54, 1.807) is 13.0 Å². The number of hydrogen-bond acceptors (Lipinski definition) is 6. The molecule has 2 atom stereocenters. The molecule has 150 valence electrons. The van der Waals surface area contributed by atoms with E-state index in [9.17, 15) is 9.18 Å². The number of carbonyl (C=O) groups is 1. The summed E-state index contributed by atoms with van der Waals surface area (Å²) in [6.07, 6.45) is 1.73. The lowest BCUT2D eigenvalue weighted by molar-refractivity contribution is 0.100. The summed E-state index contributed by atoms with van der Waals surface area (Å²) >= 11 is 0. The van der Waals surface area contributed by atoms with Gasteiger partial charge < -0.3 is 27.0 Å². The van der Waals surface area contributed by atoms with Crippen LogP contribution in [-0.2, 0) is 0 Å². The largest absolute Gasteiger partial charge is 0.377 e. The quantitative estimate of drug-likeness (QED) is 0.555. The molecular weight excluding hydrogens is 359 g/mol. The van der Waals surface area contributed by atoms with E-state index in [0.29, 0.717) is 5.69 Å². The fourth-order valence-electron chi connectivity index (χ4n) is 2.56. The van der Waals surface area contributed by atoms with Gasteiger partial charge in [-0.2, -0.15) is 0 Å². The maximum absolute atomic E-state index is 14.4. The van der Waals surface area contributed by atoms with Crippen LogP contribution in [0.25, 0.3) is 6.08 Å². The zero-order chi connectivity index (χ0) is 21.0. The standard InChI is InChI=1S/C20H27FN6O/c1-6-13-9-14(7-8-17(13)27(4)5)25-19-15(18(23)28)10-16(21)20(26-19)24-12(3)11(2)22/h6-12H,1,22H2,2-5H3,(H2,23,28)(H2,24,25,26)/t11-,12?/m0/s1. The fourth-order valence-corrected chi connectivity index (χ4v) is 2.56. The number of anilines is 4. The highest BCUT2D eigenvalue weighted by Crippen LogP contribution is 2.28. The Morgan fingerprint density at radius 1 is 1.29 bits per heavy atom. The van der Waals surface area contributed by atoms with Gasteiger partial charge in [0.1, 0.15) is 5.82 Å². The molecule has 1 heterocycles. The van der Waals surface area contributed by atoms with Gasteiger partial charge in [0, 0.05) is 37.6 Å². The summed E-state index contributed by atoms with van der Waals surface area (Å²) in [6.45, 7) is 7.45. The third-order valence-electron chi connectivity index (χ3n) is 4.39. The van der Waals surface area contributed by atoms with Gasteiger partial charge in [0.25, 0.3) is 5.91 Å². The third-order valence-corrected chi connectivity index (χ3v) is 4.39. The molecule has 1 aromatic heterocycles. The van der Waals surface area contributed by atoms with E-state index in [1.807, 2.05) is 44.1 Å². The van der Waals surface area contributed by atoms with Gasteiger partial charge in [-0.05, 0) is 43.7 Å². The molecule has 0 aliphatic carbocycles. The van der Waals surface area contributed by atoms with E-state index in [2.05, 4.69) is 22.2 Å². The number of amides is 1. The van der Waals surface area contributed by atoms with Gasteiger partial charge in [-0.25, -0.2) is 9.37 Å². The van der Waals surface area contributed by atoms with E-state index in [4.69, 9.17) is 11.5 Å². The molecule has 1 amide bonds. The van der Waals surface area contributed by atoms with Gasteiger partial charge in [-0.1, -0.05) is 12.7 Å². The Hall–Kier alpha value is -3.13. The molecule has 8 heteroatoms. The monoisotopic (exact) mass is 386 g/mol. The minimum absolute atomic E-state index is 0.00819. The van der Waals surface area contributed by atoms with Crippen molar-refractivity contribution in [3.8, 4) is 0 Å². The average Bonchev–Trinajstić information content (AvgIpc) is 2.63. The van der Waals surface area contributed by atoms with Crippen molar-refractivity contribution >= 4 is 35.0 Å². The fraction of sp³-hybridized carbons (Fsp3) is 0.300. The van der Waals surface area contributed by atoms with Crippen LogP contribution in [-0.4, -0.2) is 37.1 Å². The molecule has 0 saturated carbocycles. The molecule has 7 nitrogen and oxygen atoms in total. The molecular formula is C20H27FN6O. The number of rotatable bonds is 8. The molecule has 0 radical (unpaired) electrons. The molecule has 1 unspecified atom stereocenters. The molecule has 0 aliphatic rings. The first-order valence-corrected chi connectivity index (χ1v) is 8.87. The number of primary amides is 1. The Kier molecular flexibility index (Phi) is 6.58. The van der Waals surface area contributed by atoms with Crippen molar-refractivity contribution in [1.82, 2.24) is 4.98 Å². The van der Waals surface area contributed by atoms with Crippen LogP contribution in [0.5, 0.6) is 0 Å². The second-order valence-electron chi connectivity index (χ2n) is 6.87. The molecule has 6 N–H and O–H groups in total. The van der Waals surface area contributed by atoms with Gasteiger partial charge in [-0.15, -0.1) is 0 Å². The molecule has 1 aromatic carbocycles. The molecule has 0 spiro atoms. The molecule has 0 fully saturated rings. The van der Waals surface area contributed by atoms with E-state index in [0.717, 1.165) is 17.3 Å². The van der Waals surface area contributed by atoms with Crippen LogP contribution in [0.1, 0.15) is 29.8 Å². The lowest BCUT2D eigenvalue weighted by atomic mass is 10.1. The second-order valence-corrected chi connectivity index (χ2v) is 6.87. The van der Waals surface area contributed by atoms with Crippen molar-refractivity contribution in [1.29, 1.82) is 0 Å². The van der Waals surface area contributed by atoms with Crippen molar-refractivity contribution in [2.24, 2.45) is 11.5 Å². The molecule has 28 heavy (non-hydrogen) atoms. The SMILES string of the molecule is C=Cc1cc(Nc2nc(NC(C)[C@H](C)N)c(F)cc2C(N)=O)ccc1N(C)C. The summed E-state index contributed by atoms with van der Waals surface area (Å²) in [7, 11) is 3.86. The van der Waals surface area contributed by atoms with Crippen molar-refractivity contribution in [2.75, 3.05) is 29.6 Å². The van der Waals surface area contributed by atoms with E-state index < -0.39 is 11.7 Å². The smallest absolute Gasteiger partial charge is 0.252 e. The van der Waals surface area contributed by atoms with Gasteiger partial charge in [0.05, 0.1) is 5.56 Å². The van der Waals surface area contributed by atoms with Crippen molar-refractivity contribution < 1.29 is 9.18 Å². The van der Waals surface area contributed by atoms with Crippen LogP contribution < -0.4 is 27.0 Å². The predicted octanol–water partition coefficient (Wildman–Crippen LogP) is 2.92. The minimum Gasteiger partial charge on any atom is -0.377 e. The van der Waals surface area contributed by atoms with E-state index in [1.165, 1.54) is 0 Å². The molecule has 2 aromatic rings. The van der Waals surface area contributed by atoms with Crippen LogP contribution >= 0.6 is 0 Å². The van der Waals surface area contributed by atoms with Gasteiger partial charge in [-0.3, -0.25) is 4.79 Å². The average molecular weight is 386 g/mol. The lowest BCUT2D eigenvalue weighted by Gasteiger charge is -2.20. The highest BCUT2D eigenvalue weighted by molar-refractivity contribution is 5.98. The number of hydrogen-bond donors (Lipinski definition) is 4. The van der Waals surface area contributed by atoms with Crippen molar-refractivity contribution in [3.05, 3.63) is 47.8 Å².